The number of aryl methyl sites for hydroxylation is 1. The van der Waals surface area contributed by atoms with E-state index in [0.29, 0.717) is 13.0 Å². The highest BCUT2D eigenvalue weighted by atomic mass is 32.1. The van der Waals surface area contributed by atoms with E-state index in [4.69, 9.17) is 0 Å². The van der Waals surface area contributed by atoms with Crippen LogP contribution in [0.15, 0.2) is 12.4 Å². The number of carbonyl (C=O) groups is 1. The van der Waals surface area contributed by atoms with Gasteiger partial charge in [-0.25, -0.2) is 9.97 Å². The number of piperidine rings is 1. The summed E-state index contributed by atoms with van der Waals surface area (Å²) in [5, 5.41) is 2.94. The zero-order valence-electron chi connectivity index (χ0n) is 13.8. The van der Waals surface area contributed by atoms with Gasteiger partial charge in [0.15, 0.2) is 0 Å². The third-order valence-corrected chi connectivity index (χ3v) is 5.45. The average molecular weight is 372 g/mol. The van der Waals surface area contributed by atoms with Crippen molar-refractivity contribution in [2.24, 2.45) is 5.92 Å². The van der Waals surface area contributed by atoms with Gasteiger partial charge >= 0.3 is 6.18 Å². The summed E-state index contributed by atoms with van der Waals surface area (Å²) in [5.41, 5.74) is 0. The molecule has 0 radical (unpaired) electrons. The Labute approximate surface area is 147 Å². The fourth-order valence-electron chi connectivity index (χ4n) is 3.03. The summed E-state index contributed by atoms with van der Waals surface area (Å²) >= 11 is 1.61. The van der Waals surface area contributed by atoms with Crippen LogP contribution in [0.5, 0.6) is 0 Å². The van der Waals surface area contributed by atoms with Gasteiger partial charge < -0.3 is 10.2 Å². The van der Waals surface area contributed by atoms with Gasteiger partial charge in [-0.3, -0.25) is 4.79 Å². The average Bonchev–Trinajstić information content (AvgIpc) is 3.02. The van der Waals surface area contributed by atoms with Crippen molar-refractivity contribution in [2.45, 2.75) is 32.4 Å². The largest absolute Gasteiger partial charge is 0.405 e. The molecule has 1 aliphatic heterocycles. The highest BCUT2D eigenvalue weighted by Crippen LogP contribution is 2.32. The molecule has 0 bridgehead atoms. The number of nitrogens with zero attached hydrogens (tertiary/aromatic N) is 3. The molecule has 3 rings (SSSR count). The number of halogens is 3. The van der Waals surface area contributed by atoms with Crippen LogP contribution in [0.1, 0.15) is 24.6 Å². The molecule has 9 heteroatoms. The van der Waals surface area contributed by atoms with Crippen LogP contribution < -0.4 is 10.2 Å². The van der Waals surface area contributed by atoms with Crippen LogP contribution in [0.4, 0.5) is 19.0 Å². The summed E-state index contributed by atoms with van der Waals surface area (Å²) in [6.07, 6.45) is -0.668. The zero-order chi connectivity index (χ0) is 18.0. The molecule has 2 aromatic heterocycles. The standard InChI is InChI=1S/C16H19F3N4OS/c1-2-11-6-12-13(21-9-22-15(12)25-11)23-5-3-4-10(7-23)14(24)20-8-16(17,18)19/h6,9-10H,2-5,7-8H2,1H3,(H,20,24). The van der Waals surface area contributed by atoms with Crippen molar-refractivity contribution in [3.8, 4) is 0 Å². The lowest BCUT2D eigenvalue weighted by molar-refractivity contribution is -0.140. The molecule has 25 heavy (non-hydrogen) atoms. The maximum Gasteiger partial charge on any atom is 0.405 e. The van der Waals surface area contributed by atoms with Crippen LogP contribution >= 0.6 is 11.3 Å². The predicted octanol–water partition coefficient (Wildman–Crippen LogP) is 3.15. The van der Waals surface area contributed by atoms with Crippen molar-refractivity contribution in [1.82, 2.24) is 15.3 Å². The Hall–Kier alpha value is -1.90. The van der Waals surface area contributed by atoms with Gasteiger partial charge in [-0.1, -0.05) is 6.92 Å². The minimum atomic E-state index is -4.39. The Kier molecular flexibility index (Phi) is 5.12. The monoisotopic (exact) mass is 372 g/mol. The number of fused-ring (bicyclic) bond motifs is 1. The van der Waals surface area contributed by atoms with Gasteiger partial charge in [-0.05, 0) is 25.3 Å². The predicted molar refractivity (Wildman–Crippen MR) is 90.8 cm³/mol. The summed E-state index contributed by atoms with van der Waals surface area (Å²) in [7, 11) is 0. The number of rotatable bonds is 4. The number of amides is 1. The van der Waals surface area contributed by atoms with Gasteiger partial charge in [0.1, 0.15) is 23.5 Å². The van der Waals surface area contributed by atoms with E-state index in [9.17, 15) is 18.0 Å². The third-order valence-electron chi connectivity index (χ3n) is 4.26. The van der Waals surface area contributed by atoms with Crippen molar-refractivity contribution in [1.29, 1.82) is 0 Å². The summed E-state index contributed by atoms with van der Waals surface area (Å²) in [5.74, 6) is -0.258. The van der Waals surface area contributed by atoms with E-state index in [-0.39, 0.29) is 0 Å². The van der Waals surface area contributed by atoms with Gasteiger partial charge in [0.05, 0.1) is 11.3 Å². The van der Waals surface area contributed by atoms with Crippen LogP contribution in [0.2, 0.25) is 0 Å². The zero-order valence-corrected chi connectivity index (χ0v) is 14.6. The summed E-state index contributed by atoms with van der Waals surface area (Å²) in [6.45, 7) is 1.88. The minimum absolute atomic E-state index is 0.368. The Balaban J connectivity index is 1.75. The number of hydrogen-bond donors (Lipinski definition) is 1. The molecule has 0 aliphatic carbocycles. The van der Waals surface area contributed by atoms with Gasteiger partial charge in [0.25, 0.3) is 0 Å². The molecule has 136 valence electrons. The molecule has 1 fully saturated rings. The number of carbonyl (C=O) groups excluding carboxylic acids is 1. The molecule has 1 amide bonds. The van der Waals surface area contributed by atoms with Crippen LogP contribution in [0, 0.1) is 5.92 Å². The molecule has 1 atom stereocenters. The molecule has 0 saturated carbocycles. The van der Waals surface area contributed by atoms with Crippen molar-refractivity contribution < 1.29 is 18.0 Å². The topological polar surface area (TPSA) is 58.1 Å². The smallest absolute Gasteiger partial charge is 0.355 e. The van der Waals surface area contributed by atoms with E-state index in [1.165, 1.54) is 11.2 Å². The molecular weight excluding hydrogens is 353 g/mol. The van der Waals surface area contributed by atoms with E-state index >= 15 is 0 Å². The van der Waals surface area contributed by atoms with E-state index in [2.05, 4.69) is 23.0 Å². The normalized spacial score (nSPS) is 18.6. The highest BCUT2D eigenvalue weighted by molar-refractivity contribution is 7.18. The molecular formula is C16H19F3N4OS. The van der Waals surface area contributed by atoms with Crippen molar-refractivity contribution in [3.05, 3.63) is 17.3 Å². The fraction of sp³-hybridized carbons (Fsp3) is 0.562. The molecule has 1 N–H and O–H groups in total. The molecule has 2 aromatic rings. The Morgan fingerprint density at radius 3 is 2.96 bits per heavy atom. The van der Waals surface area contributed by atoms with Crippen molar-refractivity contribution >= 4 is 33.3 Å². The number of aromatic nitrogens is 2. The SMILES string of the molecule is CCc1cc2c(N3CCCC(C(=O)NCC(F)(F)F)C3)ncnc2s1. The van der Waals surface area contributed by atoms with Crippen LogP contribution in [-0.4, -0.2) is 41.7 Å². The first-order chi connectivity index (χ1) is 11.9. The Bertz CT molecular complexity index is 761. The molecule has 1 aliphatic rings. The molecule has 5 nitrogen and oxygen atoms in total. The second-order valence-corrected chi connectivity index (χ2v) is 7.22. The lowest BCUT2D eigenvalue weighted by atomic mass is 9.97. The van der Waals surface area contributed by atoms with Crippen molar-refractivity contribution in [2.75, 3.05) is 24.5 Å². The minimum Gasteiger partial charge on any atom is -0.355 e. The number of hydrogen-bond acceptors (Lipinski definition) is 5. The van der Waals surface area contributed by atoms with Gasteiger partial charge in [-0.2, -0.15) is 13.2 Å². The lowest BCUT2D eigenvalue weighted by Crippen LogP contribution is -2.45. The fourth-order valence-corrected chi connectivity index (χ4v) is 3.96. The number of anilines is 1. The quantitative estimate of drug-likeness (QED) is 0.896. The summed E-state index contributed by atoms with van der Waals surface area (Å²) in [4.78, 5) is 24.8. The first-order valence-electron chi connectivity index (χ1n) is 8.20. The second-order valence-electron chi connectivity index (χ2n) is 6.10. The van der Waals surface area contributed by atoms with Crippen LogP contribution in [-0.2, 0) is 11.2 Å². The number of alkyl halides is 3. The molecule has 1 saturated heterocycles. The maximum atomic E-state index is 12.3. The second kappa shape index (κ2) is 7.15. The van der Waals surface area contributed by atoms with E-state index in [1.807, 2.05) is 10.2 Å². The van der Waals surface area contributed by atoms with Gasteiger partial charge in [0, 0.05) is 18.0 Å². The van der Waals surface area contributed by atoms with Gasteiger partial charge in [0.2, 0.25) is 5.91 Å². The molecule has 0 aromatic carbocycles. The highest BCUT2D eigenvalue weighted by Gasteiger charge is 2.32. The van der Waals surface area contributed by atoms with Crippen molar-refractivity contribution in [3.63, 3.8) is 0 Å². The van der Waals surface area contributed by atoms with Gasteiger partial charge in [-0.15, -0.1) is 11.3 Å². The molecule has 0 spiro atoms. The van der Waals surface area contributed by atoms with Crippen LogP contribution in [0.3, 0.4) is 0 Å². The summed E-state index contributed by atoms with van der Waals surface area (Å²) in [6, 6.07) is 2.06. The molecule has 1 unspecified atom stereocenters. The van der Waals surface area contributed by atoms with Crippen LogP contribution in [0.25, 0.3) is 10.2 Å². The third kappa shape index (κ3) is 4.20. The first-order valence-corrected chi connectivity index (χ1v) is 9.02. The maximum absolute atomic E-state index is 12.3. The number of thiophene rings is 1. The Morgan fingerprint density at radius 1 is 1.44 bits per heavy atom. The van der Waals surface area contributed by atoms with E-state index in [0.717, 1.165) is 35.4 Å². The summed E-state index contributed by atoms with van der Waals surface area (Å²) < 4.78 is 36.9. The molecule has 3 heterocycles. The van der Waals surface area contributed by atoms with E-state index in [1.54, 1.807) is 11.3 Å². The Morgan fingerprint density at radius 2 is 2.24 bits per heavy atom. The lowest BCUT2D eigenvalue weighted by Gasteiger charge is -2.33. The van der Waals surface area contributed by atoms with E-state index < -0.39 is 24.5 Å². The number of nitrogens with one attached hydrogen (secondary N) is 1. The first kappa shape index (κ1) is 17.9.